The monoisotopic (exact) mass is 562 g/mol. The zero-order valence-corrected chi connectivity index (χ0v) is 21.9. The van der Waals surface area contributed by atoms with Crippen LogP contribution in [-0.2, 0) is 10.0 Å². The van der Waals surface area contributed by atoms with Gasteiger partial charge in [-0.05, 0) is 64.8 Å². The maximum atomic E-state index is 12.7. The number of nitrogens with zero attached hydrogens (tertiary/aromatic N) is 2. The highest BCUT2D eigenvalue weighted by Gasteiger charge is 2.16. The van der Waals surface area contributed by atoms with Crippen molar-refractivity contribution in [1.82, 2.24) is 9.97 Å². The first-order valence-corrected chi connectivity index (χ1v) is 13.3. The lowest BCUT2D eigenvalue weighted by atomic mass is 10.2. The number of nitrogens with one attached hydrogen (secondary N) is 2. The molecule has 0 saturated heterocycles. The standard InChI is InChI=1S/C24H27BrN4O5S/c1-3-4-5-6-13-34-21-12-7-17(14-20(21)25)24(30)28-18-8-10-19(11-9-18)35(31,32)29-22-15-23(33-2)27-16-26-22/h7-12,14-16H,3-6,13H2,1-2H3,(H,28,30)(H,26,27,29). The van der Waals surface area contributed by atoms with Gasteiger partial charge in [0.1, 0.15) is 17.9 Å². The van der Waals surface area contributed by atoms with E-state index in [4.69, 9.17) is 9.47 Å². The summed E-state index contributed by atoms with van der Waals surface area (Å²) in [5.74, 6) is 0.658. The van der Waals surface area contributed by atoms with Crippen LogP contribution in [0.15, 0.2) is 64.2 Å². The van der Waals surface area contributed by atoms with E-state index in [-0.39, 0.29) is 22.5 Å². The molecule has 0 atom stereocenters. The summed E-state index contributed by atoms with van der Waals surface area (Å²) in [7, 11) is -2.47. The molecule has 3 aromatic rings. The summed E-state index contributed by atoms with van der Waals surface area (Å²) in [5.41, 5.74) is 0.885. The molecule has 11 heteroatoms. The first-order valence-electron chi connectivity index (χ1n) is 11.0. The van der Waals surface area contributed by atoms with Gasteiger partial charge in [-0.1, -0.05) is 26.2 Å². The molecule has 0 aliphatic heterocycles. The molecule has 35 heavy (non-hydrogen) atoms. The van der Waals surface area contributed by atoms with Gasteiger partial charge in [0.05, 0.1) is 23.1 Å². The minimum atomic E-state index is -3.89. The molecule has 0 aliphatic carbocycles. The van der Waals surface area contributed by atoms with Crippen LogP contribution in [-0.4, -0.2) is 38.0 Å². The van der Waals surface area contributed by atoms with Crippen LogP contribution in [0, 0.1) is 0 Å². The van der Waals surface area contributed by atoms with E-state index in [1.165, 1.54) is 56.6 Å². The van der Waals surface area contributed by atoms with Crippen molar-refractivity contribution in [2.24, 2.45) is 0 Å². The number of methoxy groups -OCH3 is 1. The molecule has 0 fully saturated rings. The van der Waals surface area contributed by atoms with E-state index in [0.717, 1.165) is 12.8 Å². The molecule has 0 saturated carbocycles. The normalized spacial score (nSPS) is 11.1. The number of rotatable bonds is 12. The lowest BCUT2D eigenvalue weighted by molar-refractivity contribution is 0.102. The number of hydrogen-bond donors (Lipinski definition) is 2. The van der Waals surface area contributed by atoms with E-state index in [2.05, 4.69) is 42.9 Å². The Kier molecular flexibility index (Phi) is 9.44. The summed E-state index contributed by atoms with van der Waals surface area (Å²) >= 11 is 3.46. The molecule has 2 N–H and O–H groups in total. The van der Waals surface area contributed by atoms with E-state index in [9.17, 15) is 13.2 Å². The smallest absolute Gasteiger partial charge is 0.263 e. The Morgan fingerprint density at radius 1 is 1.03 bits per heavy atom. The SMILES string of the molecule is CCCCCCOc1ccc(C(=O)Nc2ccc(S(=O)(=O)Nc3cc(OC)ncn3)cc2)cc1Br. The van der Waals surface area contributed by atoms with Gasteiger partial charge in [0.2, 0.25) is 5.88 Å². The zero-order valence-electron chi connectivity index (χ0n) is 19.5. The second-order valence-corrected chi connectivity index (χ2v) is 10.1. The van der Waals surface area contributed by atoms with Crippen LogP contribution in [0.2, 0.25) is 0 Å². The van der Waals surface area contributed by atoms with Gasteiger partial charge in [-0.3, -0.25) is 9.52 Å². The number of hydrogen-bond acceptors (Lipinski definition) is 7. The van der Waals surface area contributed by atoms with Gasteiger partial charge in [0, 0.05) is 17.3 Å². The van der Waals surface area contributed by atoms with Crippen molar-refractivity contribution in [2.45, 2.75) is 37.5 Å². The van der Waals surface area contributed by atoms with Gasteiger partial charge in [-0.15, -0.1) is 0 Å². The molecule has 1 amide bonds. The zero-order chi connectivity index (χ0) is 25.3. The molecule has 0 aliphatic rings. The Bertz CT molecular complexity index is 1250. The first-order chi connectivity index (χ1) is 16.8. The molecule has 2 aromatic carbocycles. The molecule has 0 unspecified atom stereocenters. The third-order valence-electron chi connectivity index (χ3n) is 4.96. The van der Waals surface area contributed by atoms with Crippen LogP contribution in [0.4, 0.5) is 11.5 Å². The van der Waals surface area contributed by atoms with Crippen LogP contribution in [0.1, 0.15) is 43.0 Å². The quantitative estimate of drug-likeness (QED) is 0.289. The maximum Gasteiger partial charge on any atom is 0.263 e. The number of sulfonamides is 1. The molecule has 0 bridgehead atoms. The van der Waals surface area contributed by atoms with Crippen molar-refractivity contribution >= 4 is 43.4 Å². The highest BCUT2D eigenvalue weighted by atomic mass is 79.9. The Morgan fingerprint density at radius 2 is 1.80 bits per heavy atom. The third-order valence-corrected chi connectivity index (χ3v) is 6.95. The fourth-order valence-electron chi connectivity index (χ4n) is 3.09. The fraction of sp³-hybridized carbons (Fsp3) is 0.292. The second-order valence-electron chi connectivity index (χ2n) is 7.58. The van der Waals surface area contributed by atoms with Crippen LogP contribution in [0.3, 0.4) is 0 Å². The molecule has 9 nitrogen and oxygen atoms in total. The van der Waals surface area contributed by atoms with Gasteiger partial charge in [-0.2, -0.15) is 0 Å². The van der Waals surface area contributed by atoms with E-state index in [1.807, 2.05) is 0 Å². The number of carbonyl (C=O) groups excluding carboxylic acids is 1. The Balaban J connectivity index is 1.60. The Morgan fingerprint density at radius 3 is 2.49 bits per heavy atom. The predicted molar refractivity (Wildman–Crippen MR) is 138 cm³/mol. The third kappa shape index (κ3) is 7.66. The number of halogens is 1. The van der Waals surface area contributed by atoms with Gasteiger partial charge < -0.3 is 14.8 Å². The minimum Gasteiger partial charge on any atom is -0.492 e. The number of aromatic nitrogens is 2. The van der Waals surface area contributed by atoms with Crippen LogP contribution >= 0.6 is 15.9 Å². The largest absolute Gasteiger partial charge is 0.492 e. The molecule has 0 spiro atoms. The van der Waals surface area contributed by atoms with Gasteiger partial charge in [0.25, 0.3) is 15.9 Å². The van der Waals surface area contributed by atoms with Gasteiger partial charge in [-0.25, -0.2) is 18.4 Å². The summed E-state index contributed by atoms with van der Waals surface area (Å²) < 4.78 is 39.1. The lowest BCUT2D eigenvalue weighted by Gasteiger charge is -2.11. The van der Waals surface area contributed by atoms with Crippen molar-refractivity contribution in [3.63, 3.8) is 0 Å². The average Bonchev–Trinajstić information content (AvgIpc) is 2.85. The molecule has 1 aromatic heterocycles. The van der Waals surface area contributed by atoms with E-state index in [1.54, 1.807) is 18.2 Å². The summed E-state index contributed by atoms with van der Waals surface area (Å²) in [6.45, 7) is 2.79. The van der Waals surface area contributed by atoms with Crippen molar-refractivity contribution in [2.75, 3.05) is 23.8 Å². The van der Waals surface area contributed by atoms with Crippen LogP contribution < -0.4 is 19.5 Å². The van der Waals surface area contributed by atoms with Crippen molar-refractivity contribution in [1.29, 1.82) is 0 Å². The summed E-state index contributed by atoms with van der Waals surface area (Å²) in [5, 5.41) is 2.76. The van der Waals surface area contributed by atoms with Gasteiger partial charge >= 0.3 is 0 Å². The molecular weight excluding hydrogens is 536 g/mol. The minimum absolute atomic E-state index is 0.0104. The molecular formula is C24H27BrN4O5S. The molecule has 1 heterocycles. The summed E-state index contributed by atoms with van der Waals surface area (Å²) in [6, 6.07) is 12.3. The number of amides is 1. The van der Waals surface area contributed by atoms with Crippen LogP contribution in [0.5, 0.6) is 11.6 Å². The van der Waals surface area contributed by atoms with Crippen molar-refractivity contribution in [3.05, 3.63) is 64.9 Å². The van der Waals surface area contributed by atoms with Gasteiger partial charge in [0.15, 0.2) is 0 Å². The number of anilines is 2. The topological polar surface area (TPSA) is 120 Å². The molecule has 3 rings (SSSR count). The van der Waals surface area contributed by atoms with Crippen molar-refractivity contribution < 1.29 is 22.7 Å². The summed E-state index contributed by atoms with van der Waals surface area (Å²) in [6.07, 6.45) is 5.66. The fourth-order valence-corrected chi connectivity index (χ4v) is 4.59. The predicted octanol–water partition coefficient (Wildman–Crippen LogP) is 5.26. The number of carbonyl (C=O) groups is 1. The maximum absolute atomic E-state index is 12.7. The number of unbranched alkanes of at least 4 members (excludes halogenated alkanes) is 3. The van der Waals surface area contributed by atoms with E-state index >= 15 is 0 Å². The Labute approximate surface area is 213 Å². The second kappa shape index (κ2) is 12.5. The van der Waals surface area contributed by atoms with E-state index < -0.39 is 10.0 Å². The van der Waals surface area contributed by atoms with E-state index in [0.29, 0.717) is 28.1 Å². The Hall–Kier alpha value is -3.18. The molecule has 186 valence electrons. The highest BCUT2D eigenvalue weighted by molar-refractivity contribution is 9.10. The summed E-state index contributed by atoms with van der Waals surface area (Å²) in [4.78, 5) is 20.4. The average molecular weight is 563 g/mol. The molecule has 0 radical (unpaired) electrons. The number of benzene rings is 2. The highest BCUT2D eigenvalue weighted by Crippen LogP contribution is 2.27. The van der Waals surface area contributed by atoms with Crippen molar-refractivity contribution in [3.8, 4) is 11.6 Å². The first kappa shape index (κ1) is 26.4. The lowest BCUT2D eigenvalue weighted by Crippen LogP contribution is -2.15. The number of ether oxygens (including phenoxy) is 2. The van der Waals surface area contributed by atoms with Crippen LogP contribution in [0.25, 0.3) is 0 Å².